The van der Waals surface area contributed by atoms with E-state index in [1.807, 2.05) is 19.0 Å². The maximum atomic E-state index is 11.8. The minimum Gasteiger partial charge on any atom is -0.352 e. The average molecular weight is 265 g/mol. The average Bonchev–Trinajstić information content (AvgIpc) is 2.34. The Bertz CT molecular complexity index is 472. The quantitative estimate of drug-likeness (QED) is 0.481. The summed E-state index contributed by atoms with van der Waals surface area (Å²) in [5, 5.41) is 13.6. The van der Waals surface area contributed by atoms with Crippen LogP contribution in [0, 0.1) is 17.0 Å². The van der Waals surface area contributed by atoms with Crippen molar-refractivity contribution in [2.75, 3.05) is 27.2 Å². The van der Waals surface area contributed by atoms with Crippen LogP contribution in [0.15, 0.2) is 18.2 Å². The van der Waals surface area contributed by atoms with Gasteiger partial charge in [-0.05, 0) is 40.1 Å². The topological polar surface area (TPSA) is 75.5 Å². The van der Waals surface area contributed by atoms with Crippen LogP contribution >= 0.6 is 0 Å². The largest absolute Gasteiger partial charge is 0.352 e. The van der Waals surface area contributed by atoms with Crippen molar-refractivity contribution < 1.29 is 9.72 Å². The molecule has 0 unspecified atom stereocenters. The number of rotatable bonds is 6. The van der Waals surface area contributed by atoms with E-state index in [0.29, 0.717) is 17.7 Å². The van der Waals surface area contributed by atoms with E-state index in [9.17, 15) is 14.9 Å². The Kier molecular flexibility index (Phi) is 5.44. The lowest BCUT2D eigenvalue weighted by Crippen LogP contribution is -2.27. The highest BCUT2D eigenvalue weighted by Gasteiger charge is 2.14. The maximum absolute atomic E-state index is 11.8. The molecule has 1 aromatic carbocycles. The molecular weight excluding hydrogens is 246 g/mol. The van der Waals surface area contributed by atoms with Crippen LogP contribution in [0.4, 0.5) is 5.69 Å². The monoisotopic (exact) mass is 265 g/mol. The van der Waals surface area contributed by atoms with Crippen LogP contribution in [-0.2, 0) is 0 Å². The molecule has 0 atom stereocenters. The molecule has 0 heterocycles. The van der Waals surface area contributed by atoms with Crippen LogP contribution in [0.5, 0.6) is 0 Å². The number of hydrogen-bond acceptors (Lipinski definition) is 4. The zero-order valence-electron chi connectivity index (χ0n) is 11.5. The van der Waals surface area contributed by atoms with Gasteiger partial charge in [-0.1, -0.05) is 6.07 Å². The van der Waals surface area contributed by atoms with Gasteiger partial charge in [0.05, 0.1) is 4.92 Å². The second-order valence-electron chi connectivity index (χ2n) is 4.67. The molecule has 0 saturated heterocycles. The van der Waals surface area contributed by atoms with Gasteiger partial charge in [-0.25, -0.2) is 0 Å². The SMILES string of the molecule is Cc1ccc(C(=O)NCCCN(C)C)cc1[N+](=O)[O-]. The number of hydrogen-bond donors (Lipinski definition) is 1. The van der Waals surface area contributed by atoms with Crippen molar-refractivity contribution in [1.29, 1.82) is 0 Å². The van der Waals surface area contributed by atoms with Crippen molar-refractivity contribution in [3.63, 3.8) is 0 Å². The number of nitro benzene ring substituents is 1. The summed E-state index contributed by atoms with van der Waals surface area (Å²) < 4.78 is 0. The lowest BCUT2D eigenvalue weighted by atomic mass is 10.1. The van der Waals surface area contributed by atoms with Crippen LogP contribution < -0.4 is 5.32 Å². The highest BCUT2D eigenvalue weighted by atomic mass is 16.6. The third kappa shape index (κ3) is 4.67. The van der Waals surface area contributed by atoms with E-state index < -0.39 is 4.92 Å². The fraction of sp³-hybridized carbons (Fsp3) is 0.462. The second-order valence-corrected chi connectivity index (χ2v) is 4.67. The maximum Gasteiger partial charge on any atom is 0.273 e. The fourth-order valence-corrected chi connectivity index (χ4v) is 1.65. The second kappa shape index (κ2) is 6.84. The highest BCUT2D eigenvalue weighted by molar-refractivity contribution is 5.94. The molecule has 19 heavy (non-hydrogen) atoms. The van der Waals surface area contributed by atoms with Gasteiger partial charge in [-0.3, -0.25) is 14.9 Å². The Labute approximate surface area is 112 Å². The van der Waals surface area contributed by atoms with Gasteiger partial charge in [0.15, 0.2) is 0 Å². The van der Waals surface area contributed by atoms with Gasteiger partial charge in [0.1, 0.15) is 0 Å². The predicted octanol–water partition coefficient (Wildman–Crippen LogP) is 1.58. The zero-order valence-corrected chi connectivity index (χ0v) is 11.5. The summed E-state index contributed by atoms with van der Waals surface area (Å²) in [5.74, 6) is -0.276. The van der Waals surface area contributed by atoms with Crippen molar-refractivity contribution >= 4 is 11.6 Å². The molecule has 0 aliphatic carbocycles. The van der Waals surface area contributed by atoms with E-state index in [2.05, 4.69) is 5.32 Å². The smallest absolute Gasteiger partial charge is 0.273 e. The standard InChI is InChI=1S/C13H19N3O3/c1-10-5-6-11(9-12(10)16(18)19)13(17)14-7-4-8-15(2)3/h5-6,9H,4,7-8H2,1-3H3,(H,14,17). The van der Waals surface area contributed by atoms with Crippen LogP contribution in [0.3, 0.4) is 0 Å². The molecular formula is C13H19N3O3. The van der Waals surface area contributed by atoms with Gasteiger partial charge < -0.3 is 10.2 Å². The molecule has 0 fully saturated rings. The minimum atomic E-state index is -0.474. The van der Waals surface area contributed by atoms with Crippen LogP contribution in [-0.4, -0.2) is 42.9 Å². The van der Waals surface area contributed by atoms with Crippen molar-refractivity contribution in [1.82, 2.24) is 10.2 Å². The number of aryl methyl sites for hydroxylation is 1. The summed E-state index contributed by atoms with van der Waals surface area (Å²) in [4.78, 5) is 24.2. The number of nitro groups is 1. The number of amides is 1. The molecule has 0 aliphatic rings. The molecule has 0 aromatic heterocycles. The summed E-state index contributed by atoms with van der Waals surface area (Å²) in [6.45, 7) is 3.09. The number of carbonyl (C=O) groups excluding carboxylic acids is 1. The normalized spacial score (nSPS) is 10.5. The molecule has 0 saturated carbocycles. The van der Waals surface area contributed by atoms with Gasteiger partial charge in [-0.15, -0.1) is 0 Å². The Morgan fingerprint density at radius 3 is 2.68 bits per heavy atom. The van der Waals surface area contributed by atoms with Crippen molar-refractivity contribution in [3.05, 3.63) is 39.4 Å². The molecule has 1 amide bonds. The molecule has 6 heteroatoms. The van der Waals surface area contributed by atoms with E-state index >= 15 is 0 Å². The Hall–Kier alpha value is -1.95. The molecule has 0 radical (unpaired) electrons. The molecule has 104 valence electrons. The van der Waals surface area contributed by atoms with E-state index in [-0.39, 0.29) is 11.6 Å². The van der Waals surface area contributed by atoms with Gasteiger partial charge in [0, 0.05) is 23.7 Å². The lowest BCUT2D eigenvalue weighted by molar-refractivity contribution is -0.385. The number of nitrogens with zero attached hydrogens (tertiary/aromatic N) is 2. The number of carbonyl (C=O) groups is 1. The molecule has 6 nitrogen and oxygen atoms in total. The van der Waals surface area contributed by atoms with Crippen molar-refractivity contribution in [3.8, 4) is 0 Å². The minimum absolute atomic E-state index is 0.0269. The molecule has 0 spiro atoms. The first-order valence-corrected chi connectivity index (χ1v) is 6.10. The summed E-state index contributed by atoms with van der Waals surface area (Å²) in [7, 11) is 3.93. The first-order valence-electron chi connectivity index (χ1n) is 6.10. The van der Waals surface area contributed by atoms with Crippen LogP contribution in [0.25, 0.3) is 0 Å². The van der Waals surface area contributed by atoms with Gasteiger partial charge in [-0.2, -0.15) is 0 Å². The summed E-state index contributed by atoms with van der Waals surface area (Å²) in [6, 6.07) is 4.51. The van der Waals surface area contributed by atoms with Gasteiger partial charge >= 0.3 is 0 Å². The summed E-state index contributed by atoms with van der Waals surface area (Å²) in [5.41, 5.74) is 0.845. The molecule has 0 aliphatic heterocycles. The molecule has 1 rings (SSSR count). The van der Waals surface area contributed by atoms with E-state index in [1.54, 1.807) is 19.1 Å². The van der Waals surface area contributed by atoms with Crippen LogP contribution in [0.2, 0.25) is 0 Å². The lowest BCUT2D eigenvalue weighted by Gasteiger charge is -2.10. The zero-order chi connectivity index (χ0) is 14.4. The molecule has 1 N–H and O–H groups in total. The molecule has 0 bridgehead atoms. The van der Waals surface area contributed by atoms with Crippen molar-refractivity contribution in [2.24, 2.45) is 0 Å². The number of nitrogens with one attached hydrogen (secondary N) is 1. The third-order valence-electron chi connectivity index (χ3n) is 2.74. The Morgan fingerprint density at radius 2 is 2.11 bits per heavy atom. The Morgan fingerprint density at radius 1 is 1.42 bits per heavy atom. The summed E-state index contributed by atoms with van der Waals surface area (Å²) >= 11 is 0. The number of benzene rings is 1. The van der Waals surface area contributed by atoms with E-state index in [0.717, 1.165) is 13.0 Å². The van der Waals surface area contributed by atoms with Gasteiger partial charge in [0.25, 0.3) is 11.6 Å². The van der Waals surface area contributed by atoms with E-state index in [4.69, 9.17) is 0 Å². The fourth-order valence-electron chi connectivity index (χ4n) is 1.65. The Balaban J connectivity index is 2.62. The van der Waals surface area contributed by atoms with Crippen molar-refractivity contribution in [2.45, 2.75) is 13.3 Å². The van der Waals surface area contributed by atoms with Gasteiger partial charge in [0.2, 0.25) is 0 Å². The first-order chi connectivity index (χ1) is 8.91. The van der Waals surface area contributed by atoms with E-state index in [1.165, 1.54) is 6.07 Å². The summed E-state index contributed by atoms with van der Waals surface area (Å²) in [6.07, 6.45) is 0.840. The van der Waals surface area contributed by atoms with Crippen LogP contribution in [0.1, 0.15) is 22.3 Å². The third-order valence-corrected chi connectivity index (χ3v) is 2.74. The molecule has 1 aromatic rings. The predicted molar refractivity (Wildman–Crippen MR) is 73.3 cm³/mol. The highest BCUT2D eigenvalue weighted by Crippen LogP contribution is 2.19. The first kappa shape index (κ1) is 15.1.